The van der Waals surface area contributed by atoms with Gasteiger partial charge >= 0.3 is 5.97 Å². The highest BCUT2D eigenvalue weighted by molar-refractivity contribution is 5.88. The molecule has 90 valence electrons. The molecule has 1 rings (SSSR count). The van der Waals surface area contributed by atoms with Crippen molar-refractivity contribution in [2.75, 3.05) is 6.54 Å². The number of carbonyl (C=O) groups is 2. The monoisotopic (exact) mass is 225 g/mol. The van der Waals surface area contributed by atoms with Crippen LogP contribution in [0.15, 0.2) is 11.6 Å². The molecule has 16 heavy (non-hydrogen) atoms. The molecule has 2 N–H and O–H groups in total. The lowest BCUT2D eigenvalue weighted by Gasteiger charge is -2.23. The second-order valence-corrected chi connectivity index (χ2v) is 4.73. The summed E-state index contributed by atoms with van der Waals surface area (Å²) >= 11 is 0. The van der Waals surface area contributed by atoms with Gasteiger partial charge in [-0.3, -0.25) is 9.59 Å². The molecule has 4 nitrogen and oxygen atoms in total. The van der Waals surface area contributed by atoms with E-state index in [0.29, 0.717) is 12.8 Å². The van der Waals surface area contributed by atoms with Gasteiger partial charge in [-0.2, -0.15) is 0 Å². The third-order valence-corrected chi connectivity index (χ3v) is 3.04. The first-order chi connectivity index (χ1) is 7.46. The Kier molecular flexibility index (Phi) is 4.10. The van der Waals surface area contributed by atoms with E-state index < -0.39 is 11.4 Å². The Balaban J connectivity index is 2.55. The van der Waals surface area contributed by atoms with Crippen molar-refractivity contribution in [1.29, 1.82) is 0 Å². The maximum atomic E-state index is 11.4. The van der Waals surface area contributed by atoms with Gasteiger partial charge in [-0.05, 0) is 26.7 Å². The number of rotatable bonds is 4. The quantitative estimate of drug-likeness (QED) is 0.716. The Bertz CT molecular complexity index is 310. The summed E-state index contributed by atoms with van der Waals surface area (Å²) in [7, 11) is 0. The second-order valence-electron chi connectivity index (χ2n) is 4.73. The summed E-state index contributed by atoms with van der Waals surface area (Å²) in [6.45, 7) is 3.91. The van der Waals surface area contributed by atoms with E-state index in [4.69, 9.17) is 0 Å². The molecule has 0 aromatic carbocycles. The van der Waals surface area contributed by atoms with Gasteiger partial charge in [-0.1, -0.05) is 18.4 Å². The van der Waals surface area contributed by atoms with Crippen LogP contribution in [0, 0.1) is 5.41 Å². The van der Waals surface area contributed by atoms with Gasteiger partial charge in [0.05, 0.1) is 5.41 Å². The molecule has 1 aliphatic carbocycles. The molecule has 0 atom stereocenters. The molecule has 0 aliphatic heterocycles. The lowest BCUT2D eigenvalue weighted by atomic mass is 9.86. The average Bonchev–Trinajstić information content (AvgIpc) is 2.63. The van der Waals surface area contributed by atoms with Crippen LogP contribution in [0.3, 0.4) is 0 Å². The van der Waals surface area contributed by atoms with Crippen molar-refractivity contribution in [1.82, 2.24) is 5.32 Å². The highest BCUT2D eigenvalue weighted by Gasteiger charge is 2.41. The minimum absolute atomic E-state index is 0.201. The summed E-state index contributed by atoms with van der Waals surface area (Å²) < 4.78 is 0. The molecule has 0 spiro atoms. The van der Waals surface area contributed by atoms with Gasteiger partial charge in [-0.15, -0.1) is 0 Å². The summed E-state index contributed by atoms with van der Waals surface area (Å²) in [5.74, 6) is -0.991. The molecule has 0 bridgehead atoms. The Labute approximate surface area is 95.7 Å². The van der Waals surface area contributed by atoms with E-state index in [1.807, 2.05) is 13.8 Å². The van der Waals surface area contributed by atoms with Crippen molar-refractivity contribution < 1.29 is 14.7 Å². The molecule has 4 heteroatoms. The smallest absolute Gasteiger partial charge is 0.311 e. The number of allylic oxidation sites excluding steroid dienone is 1. The average molecular weight is 225 g/mol. The van der Waals surface area contributed by atoms with Crippen LogP contribution in [-0.4, -0.2) is 23.5 Å². The number of nitrogens with one attached hydrogen (secondary N) is 1. The third kappa shape index (κ3) is 3.08. The van der Waals surface area contributed by atoms with Crippen LogP contribution in [0.1, 0.15) is 39.5 Å². The first kappa shape index (κ1) is 12.7. The first-order valence-corrected chi connectivity index (χ1v) is 5.62. The Morgan fingerprint density at radius 2 is 1.88 bits per heavy atom. The zero-order valence-electron chi connectivity index (χ0n) is 9.88. The molecule has 0 heterocycles. The van der Waals surface area contributed by atoms with Crippen LogP contribution in [0.5, 0.6) is 0 Å². The molecular weight excluding hydrogens is 206 g/mol. The fourth-order valence-electron chi connectivity index (χ4n) is 2.09. The number of hydrogen-bond donors (Lipinski definition) is 2. The van der Waals surface area contributed by atoms with Crippen LogP contribution in [-0.2, 0) is 9.59 Å². The molecule has 1 saturated carbocycles. The van der Waals surface area contributed by atoms with Crippen LogP contribution in [0.4, 0.5) is 0 Å². The van der Waals surface area contributed by atoms with Gasteiger partial charge in [0.15, 0.2) is 0 Å². The summed E-state index contributed by atoms with van der Waals surface area (Å²) in [5.41, 5.74) is 0.179. The highest BCUT2D eigenvalue weighted by atomic mass is 16.4. The van der Waals surface area contributed by atoms with Crippen LogP contribution in [0.25, 0.3) is 0 Å². The fourth-order valence-corrected chi connectivity index (χ4v) is 2.09. The SMILES string of the molecule is CC(C)=CC(=O)NCC1(C(=O)O)CCCC1. The number of aliphatic carboxylic acids is 1. The van der Waals surface area contributed by atoms with Gasteiger partial charge in [0, 0.05) is 12.6 Å². The molecule has 0 aromatic heterocycles. The van der Waals surface area contributed by atoms with Crippen molar-refractivity contribution in [2.24, 2.45) is 5.41 Å². The van der Waals surface area contributed by atoms with Crippen molar-refractivity contribution in [3.8, 4) is 0 Å². The number of carboxylic acids is 1. The van der Waals surface area contributed by atoms with Crippen molar-refractivity contribution in [2.45, 2.75) is 39.5 Å². The van der Waals surface area contributed by atoms with E-state index in [-0.39, 0.29) is 12.5 Å². The number of carboxylic acid groups (broad SMARTS) is 1. The van der Waals surface area contributed by atoms with Gasteiger partial charge in [0.2, 0.25) is 5.91 Å². The zero-order valence-corrected chi connectivity index (χ0v) is 9.88. The summed E-state index contributed by atoms with van der Waals surface area (Å²) in [6, 6.07) is 0. The Morgan fingerprint density at radius 1 is 1.31 bits per heavy atom. The van der Waals surface area contributed by atoms with Crippen molar-refractivity contribution in [3.63, 3.8) is 0 Å². The van der Waals surface area contributed by atoms with Gasteiger partial charge < -0.3 is 10.4 Å². The van der Waals surface area contributed by atoms with Gasteiger partial charge in [-0.25, -0.2) is 0 Å². The molecule has 1 amide bonds. The maximum Gasteiger partial charge on any atom is 0.311 e. The zero-order chi connectivity index (χ0) is 12.2. The molecule has 0 aromatic rings. The van der Waals surface area contributed by atoms with Crippen LogP contribution < -0.4 is 5.32 Å². The second kappa shape index (κ2) is 5.14. The summed E-state index contributed by atoms with van der Waals surface area (Å²) in [5, 5.41) is 11.9. The number of carbonyl (C=O) groups excluding carboxylic acids is 1. The Hall–Kier alpha value is -1.32. The summed E-state index contributed by atoms with van der Waals surface area (Å²) in [4.78, 5) is 22.6. The van der Waals surface area contributed by atoms with Crippen LogP contribution in [0.2, 0.25) is 0 Å². The van der Waals surface area contributed by atoms with E-state index in [0.717, 1.165) is 18.4 Å². The molecular formula is C12H19NO3. The minimum atomic E-state index is -0.789. The number of amides is 1. The van der Waals surface area contributed by atoms with Crippen molar-refractivity contribution >= 4 is 11.9 Å². The largest absolute Gasteiger partial charge is 0.481 e. The first-order valence-electron chi connectivity index (χ1n) is 5.62. The van der Waals surface area contributed by atoms with Gasteiger partial charge in [0.25, 0.3) is 0 Å². The predicted octanol–water partition coefficient (Wildman–Crippen LogP) is 1.71. The van der Waals surface area contributed by atoms with Crippen LogP contribution >= 0.6 is 0 Å². The number of hydrogen-bond acceptors (Lipinski definition) is 2. The van der Waals surface area contributed by atoms with E-state index >= 15 is 0 Å². The molecule has 0 unspecified atom stereocenters. The lowest BCUT2D eigenvalue weighted by molar-refractivity contribution is -0.148. The summed E-state index contributed by atoms with van der Waals surface area (Å²) in [6.07, 6.45) is 4.69. The van der Waals surface area contributed by atoms with E-state index in [9.17, 15) is 14.7 Å². The van der Waals surface area contributed by atoms with E-state index in [2.05, 4.69) is 5.32 Å². The topological polar surface area (TPSA) is 66.4 Å². The van der Waals surface area contributed by atoms with E-state index in [1.54, 1.807) is 0 Å². The Morgan fingerprint density at radius 3 is 2.31 bits per heavy atom. The highest BCUT2D eigenvalue weighted by Crippen LogP contribution is 2.37. The normalized spacial score (nSPS) is 17.9. The molecule has 1 fully saturated rings. The minimum Gasteiger partial charge on any atom is -0.481 e. The fraction of sp³-hybridized carbons (Fsp3) is 0.667. The lowest BCUT2D eigenvalue weighted by Crippen LogP contribution is -2.40. The van der Waals surface area contributed by atoms with E-state index in [1.165, 1.54) is 6.08 Å². The molecule has 0 saturated heterocycles. The van der Waals surface area contributed by atoms with Crippen molar-refractivity contribution in [3.05, 3.63) is 11.6 Å². The predicted molar refractivity (Wildman–Crippen MR) is 61.0 cm³/mol. The maximum absolute atomic E-state index is 11.4. The van der Waals surface area contributed by atoms with Gasteiger partial charge in [0.1, 0.15) is 0 Å². The third-order valence-electron chi connectivity index (χ3n) is 3.04. The molecule has 1 aliphatic rings. The molecule has 0 radical (unpaired) electrons. The standard InChI is InChI=1S/C12H19NO3/c1-9(2)7-10(14)13-8-12(11(15)16)5-3-4-6-12/h7H,3-6,8H2,1-2H3,(H,13,14)(H,15,16).